The first kappa shape index (κ1) is 17.4. The molecule has 0 bridgehead atoms. The second-order valence-electron chi connectivity index (χ2n) is 4.57. The molecule has 1 heterocycles. The van der Waals surface area contributed by atoms with E-state index in [1.165, 1.54) is 0 Å². The van der Waals surface area contributed by atoms with E-state index in [0.717, 1.165) is 0 Å². The molecule has 1 aromatic heterocycles. The highest BCUT2D eigenvalue weighted by Gasteiger charge is 2.16. The third-order valence-corrected chi connectivity index (χ3v) is 3.03. The van der Waals surface area contributed by atoms with Crippen LogP contribution >= 0.6 is 0 Å². The Kier molecular flexibility index (Phi) is 7.70. The molecule has 0 radical (unpaired) electrons. The van der Waals surface area contributed by atoms with Crippen molar-refractivity contribution in [1.82, 2.24) is 20.4 Å². The fourth-order valence-electron chi connectivity index (χ4n) is 1.79. The maximum atomic E-state index is 12.0. The molecule has 0 saturated heterocycles. The van der Waals surface area contributed by atoms with Gasteiger partial charge in [-0.3, -0.25) is 4.79 Å². The normalized spacial score (nSPS) is 10.7. The van der Waals surface area contributed by atoms with E-state index in [1.807, 2.05) is 13.8 Å². The molecule has 0 saturated carbocycles. The van der Waals surface area contributed by atoms with Gasteiger partial charge >= 0.3 is 6.01 Å². The summed E-state index contributed by atoms with van der Waals surface area (Å²) in [6.45, 7) is 7.34. The van der Waals surface area contributed by atoms with Crippen molar-refractivity contribution in [1.29, 1.82) is 0 Å². The molecular weight excluding hydrogens is 274 g/mol. The molecule has 1 N–H and O–H groups in total. The number of nitrogens with zero attached hydrogens (tertiary/aromatic N) is 4. The summed E-state index contributed by atoms with van der Waals surface area (Å²) in [5.74, 6) is 0.531. The van der Waals surface area contributed by atoms with Crippen molar-refractivity contribution in [3.63, 3.8) is 0 Å². The molecule has 120 valence electrons. The van der Waals surface area contributed by atoms with E-state index in [0.29, 0.717) is 44.7 Å². The molecule has 0 aromatic carbocycles. The number of nitrogens with one attached hydrogen (secondary N) is 1. The van der Waals surface area contributed by atoms with Crippen molar-refractivity contribution < 1.29 is 13.9 Å². The van der Waals surface area contributed by atoms with E-state index in [4.69, 9.17) is 9.15 Å². The molecule has 0 aliphatic rings. The summed E-state index contributed by atoms with van der Waals surface area (Å²) in [7, 11) is 3.41. The number of aromatic nitrogens is 2. The lowest BCUT2D eigenvalue weighted by molar-refractivity contribution is -0.129. The molecular formula is C13H25N5O3. The minimum absolute atomic E-state index is 0.0421. The van der Waals surface area contributed by atoms with E-state index in [9.17, 15) is 4.79 Å². The highest BCUT2D eigenvalue weighted by Crippen LogP contribution is 2.10. The molecule has 1 rings (SSSR count). The van der Waals surface area contributed by atoms with Crippen molar-refractivity contribution >= 4 is 11.9 Å². The number of hydrogen-bond donors (Lipinski definition) is 1. The van der Waals surface area contributed by atoms with Crippen LogP contribution in [-0.4, -0.2) is 67.9 Å². The predicted molar refractivity (Wildman–Crippen MR) is 79.1 cm³/mol. The summed E-state index contributed by atoms with van der Waals surface area (Å²) in [4.78, 5) is 15.4. The predicted octanol–water partition coefficient (Wildman–Crippen LogP) is 0.110. The first-order chi connectivity index (χ1) is 10.1. The van der Waals surface area contributed by atoms with Crippen LogP contribution in [0.25, 0.3) is 0 Å². The van der Waals surface area contributed by atoms with Crippen LogP contribution in [0.15, 0.2) is 4.42 Å². The van der Waals surface area contributed by atoms with Gasteiger partial charge < -0.3 is 24.3 Å². The zero-order valence-corrected chi connectivity index (χ0v) is 13.3. The average molecular weight is 299 g/mol. The molecule has 8 nitrogen and oxygen atoms in total. The Morgan fingerprint density at radius 1 is 1.33 bits per heavy atom. The molecule has 21 heavy (non-hydrogen) atoms. The van der Waals surface area contributed by atoms with Gasteiger partial charge in [0.15, 0.2) is 0 Å². The number of hydrogen-bond acceptors (Lipinski definition) is 7. The van der Waals surface area contributed by atoms with Crippen molar-refractivity contribution in [2.75, 3.05) is 51.8 Å². The van der Waals surface area contributed by atoms with Gasteiger partial charge in [-0.25, -0.2) is 0 Å². The van der Waals surface area contributed by atoms with Gasteiger partial charge in [0, 0.05) is 33.8 Å². The Bertz CT molecular complexity index is 420. The summed E-state index contributed by atoms with van der Waals surface area (Å²) < 4.78 is 10.4. The van der Waals surface area contributed by atoms with Crippen molar-refractivity contribution in [2.24, 2.45) is 0 Å². The second-order valence-corrected chi connectivity index (χ2v) is 4.57. The summed E-state index contributed by atoms with van der Waals surface area (Å²) in [6.07, 6.45) is 0. The standard InChI is InChI=1S/C13H25N5O3/c1-5-18(6-2)12(19)10-17(3)13-16-15-11(21-13)9-14-7-8-20-4/h14H,5-10H2,1-4H3. The lowest BCUT2D eigenvalue weighted by Crippen LogP contribution is -2.38. The van der Waals surface area contributed by atoms with Crippen molar-refractivity contribution in [3.8, 4) is 0 Å². The molecule has 0 aliphatic carbocycles. The molecule has 1 aromatic rings. The van der Waals surface area contributed by atoms with Gasteiger partial charge in [-0.1, -0.05) is 5.10 Å². The van der Waals surface area contributed by atoms with Gasteiger partial charge in [0.25, 0.3) is 0 Å². The monoisotopic (exact) mass is 299 g/mol. The smallest absolute Gasteiger partial charge is 0.318 e. The lowest BCUT2D eigenvalue weighted by Gasteiger charge is -2.21. The number of anilines is 1. The summed E-state index contributed by atoms with van der Waals surface area (Å²) in [5.41, 5.74) is 0. The van der Waals surface area contributed by atoms with Crippen LogP contribution < -0.4 is 10.2 Å². The lowest BCUT2D eigenvalue weighted by atomic mass is 10.4. The Labute approximate surface area is 125 Å². The summed E-state index contributed by atoms with van der Waals surface area (Å²) in [5, 5.41) is 11.0. The van der Waals surface area contributed by atoms with Crippen LogP contribution in [-0.2, 0) is 16.1 Å². The maximum Gasteiger partial charge on any atom is 0.318 e. The third kappa shape index (κ3) is 5.68. The highest BCUT2D eigenvalue weighted by molar-refractivity contribution is 5.80. The number of rotatable bonds is 10. The Morgan fingerprint density at radius 3 is 2.67 bits per heavy atom. The van der Waals surface area contributed by atoms with Gasteiger partial charge in [0.2, 0.25) is 11.8 Å². The van der Waals surface area contributed by atoms with Crippen molar-refractivity contribution in [2.45, 2.75) is 20.4 Å². The van der Waals surface area contributed by atoms with Gasteiger partial charge in [-0.2, -0.15) is 0 Å². The SMILES string of the molecule is CCN(CC)C(=O)CN(C)c1nnc(CNCCOC)o1. The molecule has 0 atom stereocenters. The van der Waals surface area contributed by atoms with E-state index < -0.39 is 0 Å². The first-order valence-electron chi connectivity index (χ1n) is 7.13. The number of likely N-dealkylation sites (N-methyl/N-ethyl adjacent to an activating group) is 2. The number of methoxy groups -OCH3 is 1. The largest absolute Gasteiger partial charge is 0.407 e. The van der Waals surface area contributed by atoms with E-state index in [1.54, 1.807) is 24.0 Å². The highest BCUT2D eigenvalue weighted by atomic mass is 16.5. The van der Waals surface area contributed by atoms with E-state index in [2.05, 4.69) is 15.5 Å². The maximum absolute atomic E-state index is 12.0. The zero-order chi connectivity index (χ0) is 15.7. The molecule has 0 spiro atoms. The van der Waals surface area contributed by atoms with E-state index in [-0.39, 0.29) is 12.5 Å². The quantitative estimate of drug-likeness (QED) is 0.614. The Morgan fingerprint density at radius 2 is 2.05 bits per heavy atom. The number of carbonyl (C=O) groups excluding carboxylic acids is 1. The molecule has 8 heteroatoms. The summed E-state index contributed by atoms with van der Waals surface area (Å²) >= 11 is 0. The minimum atomic E-state index is 0.0421. The van der Waals surface area contributed by atoms with Crippen LogP contribution in [0.5, 0.6) is 0 Å². The average Bonchev–Trinajstić information content (AvgIpc) is 2.94. The number of amides is 1. The molecule has 0 fully saturated rings. The fraction of sp³-hybridized carbons (Fsp3) is 0.769. The van der Waals surface area contributed by atoms with Gasteiger partial charge in [-0.05, 0) is 13.8 Å². The summed E-state index contributed by atoms with van der Waals surface area (Å²) in [6, 6.07) is 0.346. The van der Waals surface area contributed by atoms with Crippen LogP contribution in [0.2, 0.25) is 0 Å². The van der Waals surface area contributed by atoms with Crippen LogP contribution in [0.3, 0.4) is 0 Å². The third-order valence-electron chi connectivity index (χ3n) is 3.03. The van der Waals surface area contributed by atoms with Crippen LogP contribution in [0.1, 0.15) is 19.7 Å². The van der Waals surface area contributed by atoms with Crippen LogP contribution in [0, 0.1) is 0 Å². The second kappa shape index (κ2) is 9.30. The van der Waals surface area contributed by atoms with Crippen molar-refractivity contribution in [3.05, 3.63) is 5.89 Å². The number of carbonyl (C=O) groups is 1. The topological polar surface area (TPSA) is 83.7 Å². The molecule has 0 unspecified atom stereocenters. The first-order valence-corrected chi connectivity index (χ1v) is 7.13. The Hall–Kier alpha value is -1.67. The van der Waals surface area contributed by atoms with Gasteiger partial charge in [-0.15, -0.1) is 5.10 Å². The number of ether oxygens (including phenoxy) is 1. The Balaban J connectivity index is 2.46. The van der Waals surface area contributed by atoms with Crippen LogP contribution in [0.4, 0.5) is 6.01 Å². The molecule has 0 aliphatic heterocycles. The minimum Gasteiger partial charge on any atom is -0.407 e. The molecule has 1 amide bonds. The fourth-order valence-corrected chi connectivity index (χ4v) is 1.79. The van der Waals surface area contributed by atoms with Gasteiger partial charge in [0.05, 0.1) is 13.2 Å². The van der Waals surface area contributed by atoms with Gasteiger partial charge in [0.1, 0.15) is 6.54 Å². The van der Waals surface area contributed by atoms with E-state index >= 15 is 0 Å². The zero-order valence-electron chi connectivity index (χ0n) is 13.3.